The zero-order valence-corrected chi connectivity index (χ0v) is 23.0. The van der Waals surface area contributed by atoms with E-state index in [2.05, 4.69) is 4.99 Å². The van der Waals surface area contributed by atoms with E-state index >= 15 is 0 Å². The zero-order chi connectivity index (χ0) is 27.0. The van der Waals surface area contributed by atoms with Crippen LogP contribution in [0.25, 0.3) is 17.4 Å². The number of hydrogen-bond donors (Lipinski definition) is 0. The van der Waals surface area contributed by atoms with Crippen LogP contribution < -0.4 is 19.6 Å². The number of thiazole rings is 1. The van der Waals surface area contributed by atoms with Crippen molar-refractivity contribution in [3.05, 3.63) is 107 Å². The van der Waals surface area contributed by atoms with Gasteiger partial charge < -0.3 is 13.9 Å². The van der Waals surface area contributed by atoms with E-state index < -0.39 is 12.0 Å². The molecule has 194 valence electrons. The van der Waals surface area contributed by atoms with E-state index in [0.717, 1.165) is 11.1 Å². The lowest BCUT2D eigenvalue weighted by Crippen LogP contribution is -2.39. The number of halogens is 2. The summed E-state index contributed by atoms with van der Waals surface area (Å²) < 4.78 is 18.5. The predicted octanol–water partition coefficient (Wildman–Crippen LogP) is 5.37. The van der Waals surface area contributed by atoms with Gasteiger partial charge in [-0.3, -0.25) is 9.36 Å². The Morgan fingerprint density at radius 1 is 1.13 bits per heavy atom. The largest absolute Gasteiger partial charge is 0.497 e. The SMILES string of the molecule is CCOC(=O)C1=C(C)N=c2s/c(=C/c3ccc(-c4ccc(Cl)c(Cl)c4)o3)c(=O)n2[C@H]1c1ccc(OC)cc1. The summed E-state index contributed by atoms with van der Waals surface area (Å²) in [6.07, 6.45) is 1.67. The van der Waals surface area contributed by atoms with E-state index in [1.807, 2.05) is 12.1 Å². The number of rotatable bonds is 6. The number of esters is 1. The predicted molar refractivity (Wildman–Crippen MR) is 148 cm³/mol. The van der Waals surface area contributed by atoms with Gasteiger partial charge in [0.1, 0.15) is 17.3 Å². The van der Waals surface area contributed by atoms with Crippen molar-refractivity contribution in [3.63, 3.8) is 0 Å². The van der Waals surface area contributed by atoms with E-state index in [9.17, 15) is 9.59 Å². The molecule has 1 aliphatic rings. The summed E-state index contributed by atoms with van der Waals surface area (Å²) in [7, 11) is 1.58. The third-order valence-corrected chi connectivity index (χ3v) is 7.77. The quantitative estimate of drug-likeness (QED) is 0.292. The van der Waals surface area contributed by atoms with Crippen LogP contribution in [0, 0.1) is 0 Å². The molecule has 1 aliphatic heterocycles. The Bertz CT molecular complexity index is 1750. The second kappa shape index (κ2) is 10.6. The molecule has 0 fully saturated rings. The van der Waals surface area contributed by atoms with Crippen LogP contribution in [0.3, 0.4) is 0 Å². The maximum Gasteiger partial charge on any atom is 0.338 e. The van der Waals surface area contributed by atoms with E-state index in [-0.39, 0.29) is 12.2 Å². The van der Waals surface area contributed by atoms with E-state index in [4.69, 9.17) is 37.1 Å². The fourth-order valence-electron chi connectivity index (χ4n) is 4.26. The molecule has 0 saturated carbocycles. The lowest BCUT2D eigenvalue weighted by Gasteiger charge is -2.24. The smallest absolute Gasteiger partial charge is 0.338 e. The van der Waals surface area contributed by atoms with E-state index in [1.54, 1.807) is 69.5 Å². The molecular weight excluding hydrogens is 547 g/mol. The summed E-state index contributed by atoms with van der Waals surface area (Å²) in [5.41, 5.74) is 2.01. The van der Waals surface area contributed by atoms with Crippen molar-refractivity contribution < 1.29 is 18.7 Å². The Labute approximate surface area is 231 Å². The monoisotopic (exact) mass is 568 g/mol. The van der Waals surface area contributed by atoms with Crippen LogP contribution in [0.2, 0.25) is 10.0 Å². The molecule has 2 aromatic heterocycles. The van der Waals surface area contributed by atoms with Gasteiger partial charge in [-0.1, -0.05) is 46.7 Å². The Morgan fingerprint density at radius 3 is 2.58 bits per heavy atom. The lowest BCUT2D eigenvalue weighted by molar-refractivity contribution is -0.139. The topological polar surface area (TPSA) is 83.0 Å². The standard InChI is InChI=1S/C28H22Cl2N2O5S/c1-4-36-27(34)24-15(2)31-28-32(25(24)16-5-8-18(35-3)9-6-16)26(33)23(38-28)14-19-10-12-22(37-19)17-7-11-20(29)21(30)13-17/h5-14,25H,4H2,1-3H3/b23-14+/t25-/m0/s1. The van der Waals surface area contributed by atoms with Crippen LogP contribution in [0.4, 0.5) is 0 Å². The van der Waals surface area contributed by atoms with Gasteiger partial charge in [0.15, 0.2) is 4.80 Å². The van der Waals surface area contributed by atoms with Crippen molar-refractivity contribution >= 4 is 46.6 Å². The molecule has 0 saturated heterocycles. The number of methoxy groups -OCH3 is 1. The van der Waals surface area contributed by atoms with Gasteiger partial charge in [0.2, 0.25) is 0 Å². The van der Waals surface area contributed by atoms with Crippen LogP contribution in [0.1, 0.15) is 31.2 Å². The second-order valence-electron chi connectivity index (χ2n) is 8.41. The number of nitrogens with zero attached hydrogens (tertiary/aromatic N) is 2. The number of hydrogen-bond acceptors (Lipinski definition) is 7. The van der Waals surface area contributed by atoms with Crippen LogP contribution in [-0.2, 0) is 9.53 Å². The minimum atomic E-state index is -0.707. The summed E-state index contributed by atoms with van der Waals surface area (Å²) in [5, 5.41) is 0.869. The summed E-state index contributed by atoms with van der Waals surface area (Å²) in [6.45, 7) is 3.69. The fraction of sp³-hybridized carbons (Fsp3) is 0.179. The molecule has 38 heavy (non-hydrogen) atoms. The number of furan rings is 1. The Morgan fingerprint density at radius 2 is 1.89 bits per heavy atom. The Hall–Kier alpha value is -3.59. The lowest BCUT2D eigenvalue weighted by atomic mass is 9.96. The highest BCUT2D eigenvalue weighted by atomic mass is 35.5. The first-order valence-electron chi connectivity index (χ1n) is 11.7. The summed E-state index contributed by atoms with van der Waals surface area (Å²) in [5.74, 6) is 1.22. The molecular formula is C28H22Cl2N2O5S. The average Bonchev–Trinajstić information content (AvgIpc) is 3.49. The third kappa shape index (κ3) is 4.82. The van der Waals surface area contributed by atoms with Crippen molar-refractivity contribution in [1.82, 2.24) is 4.57 Å². The van der Waals surface area contributed by atoms with Crippen molar-refractivity contribution in [3.8, 4) is 17.1 Å². The summed E-state index contributed by atoms with van der Waals surface area (Å²) in [6, 6.07) is 15.3. The second-order valence-corrected chi connectivity index (χ2v) is 10.2. The molecule has 0 unspecified atom stereocenters. The van der Waals surface area contributed by atoms with Crippen molar-refractivity contribution in [2.75, 3.05) is 13.7 Å². The summed E-state index contributed by atoms with van der Waals surface area (Å²) in [4.78, 5) is 31.8. The minimum Gasteiger partial charge on any atom is -0.497 e. The fourth-order valence-corrected chi connectivity index (χ4v) is 5.58. The molecule has 0 spiro atoms. The number of ether oxygens (including phenoxy) is 2. The molecule has 0 bridgehead atoms. The van der Waals surface area contributed by atoms with Crippen LogP contribution in [0.5, 0.6) is 5.75 Å². The minimum absolute atomic E-state index is 0.203. The molecule has 0 aliphatic carbocycles. The molecule has 0 radical (unpaired) electrons. The van der Waals surface area contributed by atoms with Gasteiger partial charge in [-0.2, -0.15) is 0 Å². The van der Waals surface area contributed by atoms with Crippen molar-refractivity contribution in [2.24, 2.45) is 4.99 Å². The highest BCUT2D eigenvalue weighted by Gasteiger charge is 2.33. The van der Waals surface area contributed by atoms with Gasteiger partial charge in [-0.15, -0.1) is 0 Å². The van der Waals surface area contributed by atoms with Crippen molar-refractivity contribution in [2.45, 2.75) is 19.9 Å². The van der Waals surface area contributed by atoms with Gasteiger partial charge >= 0.3 is 5.97 Å². The maximum absolute atomic E-state index is 13.7. The van der Waals surface area contributed by atoms with E-state index in [0.29, 0.717) is 47.9 Å². The van der Waals surface area contributed by atoms with Gasteiger partial charge in [-0.05, 0) is 61.9 Å². The normalized spacial score (nSPS) is 15.3. The number of fused-ring (bicyclic) bond motifs is 1. The van der Waals surface area contributed by atoms with Crippen LogP contribution in [-0.4, -0.2) is 24.3 Å². The van der Waals surface area contributed by atoms with Crippen LogP contribution in [0.15, 0.2) is 80.1 Å². The molecule has 7 nitrogen and oxygen atoms in total. The van der Waals surface area contributed by atoms with Gasteiger partial charge in [0.25, 0.3) is 5.56 Å². The number of carbonyl (C=O) groups excluding carboxylic acids is 1. The molecule has 4 aromatic rings. The maximum atomic E-state index is 13.7. The number of allylic oxidation sites excluding steroid dienone is 1. The zero-order valence-electron chi connectivity index (χ0n) is 20.7. The number of aromatic nitrogens is 1. The third-order valence-electron chi connectivity index (χ3n) is 6.05. The molecule has 5 rings (SSSR count). The number of benzene rings is 2. The van der Waals surface area contributed by atoms with Gasteiger partial charge in [0, 0.05) is 11.6 Å². The highest BCUT2D eigenvalue weighted by molar-refractivity contribution is 7.07. The first kappa shape index (κ1) is 26.0. The van der Waals surface area contributed by atoms with E-state index in [1.165, 1.54) is 15.9 Å². The molecule has 10 heteroatoms. The number of carbonyl (C=O) groups is 1. The average molecular weight is 569 g/mol. The first-order valence-corrected chi connectivity index (χ1v) is 13.3. The molecule has 1 atom stereocenters. The molecule has 0 N–H and O–H groups in total. The molecule has 0 amide bonds. The van der Waals surface area contributed by atoms with Crippen LogP contribution >= 0.6 is 34.5 Å². The molecule has 3 heterocycles. The Kier molecular flexibility index (Phi) is 7.29. The van der Waals surface area contributed by atoms with Crippen molar-refractivity contribution in [1.29, 1.82) is 0 Å². The van der Waals surface area contributed by atoms with Gasteiger partial charge in [0.05, 0.1) is 45.6 Å². The first-order chi connectivity index (χ1) is 18.3. The molecule has 2 aromatic carbocycles. The van der Waals surface area contributed by atoms with Gasteiger partial charge in [-0.25, -0.2) is 9.79 Å². The Balaban J connectivity index is 1.62. The summed E-state index contributed by atoms with van der Waals surface area (Å²) >= 11 is 13.4. The highest BCUT2D eigenvalue weighted by Crippen LogP contribution is 2.32.